The average Bonchev–Trinajstić information content (AvgIpc) is 3.08. The molecular weight excluding hydrogens is 586 g/mol. The first-order valence-corrected chi connectivity index (χ1v) is 20.4. The van der Waals surface area contributed by atoms with Gasteiger partial charge in [0.25, 0.3) is 6.47 Å². The first kappa shape index (κ1) is 50.4. The Hall–Kier alpha value is -0.980. The van der Waals surface area contributed by atoms with Crippen molar-refractivity contribution in [1.82, 2.24) is 4.90 Å². The lowest BCUT2D eigenvalue weighted by molar-refractivity contribution is -0.128. The van der Waals surface area contributed by atoms with Gasteiger partial charge in [0.1, 0.15) is 6.29 Å². The quantitative estimate of drug-likeness (QED) is 0.0528. The van der Waals surface area contributed by atoms with Gasteiger partial charge in [0, 0.05) is 33.3 Å². The number of aliphatic hydroxyl groups is 1. The van der Waals surface area contributed by atoms with Crippen LogP contribution in [0.3, 0.4) is 0 Å². The van der Waals surface area contributed by atoms with Crippen LogP contribution in [0.1, 0.15) is 201 Å². The number of methoxy groups -OCH3 is 1. The highest BCUT2D eigenvalue weighted by Crippen LogP contribution is 2.19. The van der Waals surface area contributed by atoms with Gasteiger partial charge in [-0.3, -0.25) is 4.79 Å². The molecule has 0 aromatic rings. The minimum absolute atomic E-state index is 0.288. The molecule has 0 bridgehead atoms. The summed E-state index contributed by atoms with van der Waals surface area (Å²) in [5, 5.41) is 8.90. The first-order valence-electron chi connectivity index (χ1n) is 20.4. The number of hydrogen-bond acceptors (Lipinski definition) is 6. The number of aldehydes is 1. The van der Waals surface area contributed by atoms with E-state index in [0.29, 0.717) is 19.5 Å². The van der Waals surface area contributed by atoms with Crippen LogP contribution in [0.15, 0.2) is 0 Å². The molecule has 1 atom stereocenters. The molecular formula is C41H85NO5. The minimum atomic E-state index is 0.288. The highest BCUT2D eigenvalue weighted by atomic mass is 16.5. The van der Waals surface area contributed by atoms with Crippen LogP contribution in [0.5, 0.6) is 0 Å². The van der Waals surface area contributed by atoms with Crippen LogP contribution >= 0.6 is 0 Å². The fourth-order valence-electron chi connectivity index (χ4n) is 5.77. The van der Waals surface area contributed by atoms with E-state index in [1.807, 2.05) is 7.11 Å². The maximum Gasteiger partial charge on any atom is 0.293 e. The normalized spacial score (nSPS) is 11.4. The second-order valence-electron chi connectivity index (χ2n) is 13.5. The number of nitrogens with zero attached hydrogens (tertiary/aromatic N) is 1. The van der Waals surface area contributed by atoms with Crippen LogP contribution in [0, 0.1) is 5.92 Å². The van der Waals surface area contributed by atoms with E-state index in [9.17, 15) is 9.59 Å². The van der Waals surface area contributed by atoms with Gasteiger partial charge in [0.15, 0.2) is 0 Å². The number of carbonyl (C=O) groups excluding carboxylic acids is 2. The van der Waals surface area contributed by atoms with Gasteiger partial charge in [0.05, 0.1) is 6.61 Å². The summed E-state index contributed by atoms with van der Waals surface area (Å²) in [6.07, 6.45) is 35.3. The van der Waals surface area contributed by atoms with E-state index in [1.165, 1.54) is 141 Å². The summed E-state index contributed by atoms with van der Waals surface area (Å²) in [6, 6.07) is 0. The summed E-state index contributed by atoms with van der Waals surface area (Å²) in [4.78, 5) is 22.4. The summed E-state index contributed by atoms with van der Waals surface area (Å²) < 4.78 is 9.92. The maximum atomic E-state index is 10.2. The third kappa shape index (κ3) is 49.5. The summed E-state index contributed by atoms with van der Waals surface area (Å²) in [6.45, 7) is 14.7. The van der Waals surface area contributed by atoms with Crippen molar-refractivity contribution in [1.29, 1.82) is 0 Å². The summed E-state index contributed by atoms with van der Waals surface area (Å²) >= 11 is 0. The first-order chi connectivity index (χ1) is 23.1. The second kappa shape index (κ2) is 49.4. The van der Waals surface area contributed by atoms with Crippen LogP contribution in [0.4, 0.5) is 0 Å². The molecule has 0 spiro atoms. The fourth-order valence-corrected chi connectivity index (χ4v) is 5.77. The molecule has 1 N–H and O–H groups in total. The lowest BCUT2D eigenvalue weighted by atomic mass is 9.95. The highest BCUT2D eigenvalue weighted by Gasteiger charge is 2.08. The van der Waals surface area contributed by atoms with Crippen molar-refractivity contribution in [2.75, 3.05) is 46.6 Å². The molecule has 1 unspecified atom stereocenters. The van der Waals surface area contributed by atoms with Crippen LogP contribution in [-0.4, -0.2) is 69.3 Å². The lowest BCUT2D eigenvalue weighted by Crippen LogP contribution is -2.27. The van der Waals surface area contributed by atoms with Gasteiger partial charge >= 0.3 is 0 Å². The van der Waals surface area contributed by atoms with Crippen molar-refractivity contribution in [3.8, 4) is 0 Å². The number of rotatable bonds is 36. The van der Waals surface area contributed by atoms with Crippen LogP contribution < -0.4 is 0 Å². The highest BCUT2D eigenvalue weighted by molar-refractivity contribution is 5.48. The molecule has 0 radical (unpaired) electrons. The summed E-state index contributed by atoms with van der Waals surface area (Å²) in [5.74, 6) is 0.818. The molecule has 0 heterocycles. The van der Waals surface area contributed by atoms with Crippen molar-refractivity contribution in [3.05, 3.63) is 0 Å². The Kier molecular flexibility index (Phi) is 53.0. The predicted octanol–water partition coefficient (Wildman–Crippen LogP) is 11.5. The lowest BCUT2D eigenvalue weighted by Gasteiger charge is -2.21. The minimum Gasteiger partial charge on any atom is -0.468 e. The smallest absolute Gasteiger partial charge is 0.293 e. The Morgan fingerprint density at radius 2 is 0.979 bits per heavy atom. The standard InChI is InChI=1S/C17H36O.C15H31NO2.C9H18O2/c1-4-6-8-10-11-13-15-17(16-18-3)14-12-9-7-5-2;1-2-3-4-7-11-16(13-10-15-18)12-8-5-6-9-14-17;1-2-3-4-5-6-7-8-11-9-10/h17H,4-16H2,1-3H3;14,18H,2-13,15H2,1H3;9H,2-8H2,1H3. The zero-order chi connectivity index (χ0) is 35.3. The fraction of sp³-hybridized carbons (Fsp3) is 0.951. The molecule has 6 heteroatoms. The zero-order valence-electron chi connectivity index (χ0n) is 32.6. The van der Waals surface area contributed by atoms with Gasteiger partial charge in [-0.15, -0.1) is 0 Å². The van der Waals surface area contributed by atoms with E-state index in [-0.39, 0.29) is 6.61 Å². The molecule has 284 valence electrons. The van der Waals surface area contributed by atoms with Crippen molar-refractivity contribution >= 4 is 12.8 Å². The molecule has 0 aromatic carbocycles. The second-order valence-corrected chi connectivity index (χ2v) is 13.5. The molecule has 0 aliphatic rings. The molecule has 0 rings (SSSR count). The van der Waals surface area contributed by atoms with Gasteiger partial charge in [-0.1, -0.05) is 150 Å². The Balaban J connectivity index is -0.000000638. The molecule has 47 heavy (non-hydrogen) atoms. The van der Waals surface area contributed by atoms with Gasteiger partial charge in [-0.2, -0.15) is 0 Å². The Labute approximate surface area is 294 Å². The number of ether oxygens (including phenoxy) is 2. The van der Waals surface area contributed by atoms with E-state index >= 15 is 0 Å². The third-order valence-electron chi connectivity index (χ3n) is 8.77. The van der Waals surface area contributed by atoms with Crippen molar-refractivity contribution in [3.63, 3.8) is 0 Å². The largest absolute Gasteiger partial charge is 0.468 e. The topological polar surface area (TPSA) is 76.1 Å². The van der Waals surface area contributed by atoms with E-state index in [2.05, 4.69) is 37.3 Å². The van der Waals surface area contributed by atoms with Crippen molar-refractivity contribution in [2.45, 2.75) is 201 Å². The van der Waals surface area contributed by atoms with Crippen LogP contribution in [-0.2, 0) is 19.1 Å². The number of aliphatic hydroxyl groups excluding tert-OH is 1. The third-order valence-corrected chi connectivity index (χ3v) is 8.77. The molecule has 0 aliphatic carbocycles. The van der Waals surface area contributed by atoms with Crippen molar-refractivity contribution in [2.24, 2.45) is 5.92 Å². The summed E-state index contributed by atoms with van der Waals surface area (Å²) in [5.41, 5.74) is 0. The molecule has 6 nitrogen and oxygen atoms in total. The van der Waals surface area contributed by atoms with Gasteiger partial charge in [-0.05, 0) is 64.0 Å². The summed E-state index contributed by atoms with van der Waals surface area (Å²) in [7, 11) is 1.85. The average molecular weight is 672 g/mol. The van der Waals surface area contributed by atoms with Crippen LogP contribution in [0.25, 0.3) is 0 Å². The van der Waals surface area contributed by atoms with Gasteiger partial charge in [0.2, 0.25) is 0 Å². The maximum absolute atomic E-state index is 10.2. The Morgan fingerprint density at radius 1 is 0.553 bits per heavy atom. The van der Waals surface area contributed by atoms with E-state index in [1.54, 1.807) is 0 Å². The molecule has 0 amide bonds. The Bertz CT molecular complexity index is 548. The van der Waals surface area contributed by atoms with Crippen LogP contribution in [0.2, 0.25) is 0 Å². The monoisotopic (exact) mass is 672 g/mol. The SMILES string of the molecule is CCCCCCCCC(CCCCCC)COC.CCCCCCCCOC=O.CCCCCCN(CCCO)CCCCCC=O. The van der Waals surface area contributed by atoms with Gasteiger partial charge < -0.3 is 24.3 Å². The van der Waals surface area contributed by atoms with E-state index in [4.69, 9.17) is 9.84 Å². The molecule has 0 aliphatic heterocycles. The number of unbranched alkanes of at least 4 members (excludes halogenated alkanes) is 19. The molecule has 0 fully saturated rings. The zero-order valence-corrected chi connectivity index (χ0v) is 32.6. The molecule has 0 saturated heterocycles. The van der Waals surface area contributed by atoms with Crippen molar-refractivity contribution < 1.29 is 24.2 Å². The molecule has 0 aromatic heterocycles. The molecule has 0 saturated carbocycles. The Morgan fingerprint density at radius 3 is 1.45 bits per heavy atom. The van der Waals surface area contributed by atoms with Gasteiger partial charge in [-0.25, -0.2) is 0 Å². The van der Waals surface area contributed by atoms with E-state index < -0.39 is 0 Å². The number of hydrogen-bond donors (Lipinski definition) is 1. The van der Waals surface area contributed by atoms with E-state index in [0.717, 1.165) is 64.1 Å². The number of carbonyl (C=O) groups is 2. The predicted molar refractivity (Wildman–Crippen MR) is 204 cm³/mol.